The third kappa shape index (κ3) is 2.50. The van der Waals surface area contributed by atoms with Gasteiger partial charge in [-0.25, -0.2) is 0 Å². The third-order valence-corrected chi connectivity index (χ3v) is 5.21. The molecule has 1 saturated carbocycles. The van der Waals surface area contributed by atoms with Crippen molar-refractivity contribution >= 4 is 17.1 Å². The zero-order chi connectivity index (χ0) is 13.2. The Morgan fingerprint density at radius 2 is 1.89 bits per heavy atom. The van der Waals surface area contributed by atoms with E-state index in [9.17, 15) is 4.79 Å². The van der Waals surface area contributed by atoms with Gasteiger partial charge in [0.2, 0.25) is 5.78 Å². The van der Waals surface area contributed by atoms with Gasteiger partial charge in [-0.15, -0.1) is 11.3 Å². The summed E-state index contributed by atoms with van der Waals surface area (Å²) in [4.78, 5) is 14.5. The molecule has 0 aliphatic heterocycles. The lowest BCUT2D eigenvalue weighted by molar-refractivity contribution is 0.104. The average molecular weight is 270 g/mol. The van der Waals surface area contributed by atoms with Gasteiger partial charge in [-0.05, 0) is 42.9 Å². The van der Waals surface area contributed by atoms with Crippen LogP contribution in [0.2, 0.25) is 0 Å². The molecule has 2 aromatic rings. The highest BCUT2D eigenvalue weighted by molar-refractivity contribution is 7.14. The minimum absolute atomic E-state index is 0.157. The molecule has 0 radical (unpaired) electrons. The summed E-state index contributed by atoms with van der Waals surface area (Å²) in [6.07, 6.45) is 4.95. The second-order valence-corrected chi connectivity index (χ2v) is 6.37. The Morgan fingerprint density at radius 3 is 2.42 bits per heavy atom. The van der Waals surface area contributed by atoms with Gasteiger partial charge in [-0.1, -0.05) is 37.6 Å². The van der Waals surface area contributed by atoms with Crippen molar-refractivity contribution in [3.05, 3.63) is 57.3 Å². The summed E-state index contributed by atoms with van der Waals surface area (Å²) >= 11 is 1.61. The second kappa shape index (κ2) is 5.30. The first-order valence-corrected chi connectivity index (χ1v) is 7.83. The van der Waals surface area contributed by atoms with Gasteiger partial charge in [0.1, 0.15) is 0 Å². The Labute approximate surface area is 118 Å². The molecule has 98 valence electrons. The van der Waals surface area contributed by atoms with E-state index in [1.165, 1.54) is 29.7 Å². The highest BCUT2D eigenvalue weighted by Crippen LogP contribution is 2.36. The summed E-state index contributed by atoms with van der Waals surface area (Å²) in [5.74, 6) is 0.891. The Kier molecular flexibility index (Phi) is 3.52. The molecule has 0 amide bonds. The van der Waals surface area contributed by atoms with Crippen LogP contribution in [0.15, 0.2) is 36.4 Å². The molecule has 2 heteroatoms. The molecule has 0 saturated heterocycles. The zero-order valence-corrected chi connectivity index (χ0v) is 12.0. The number of benzene rings is 1. The molecule has 1 heterocycles. The fourth-order valence-corrected chi connectivity index (χ4v) is 3.39. The standard InChI is InChI=1S/C17H18OS/c1-2-15-10-11-16(19-15)17(18)14-8-6-13(7-9-14)12-4-3-5-12/h6-12H,2-5H2,1H3. The Bertz CT molecular complexity index is 576. The van der Waals surface area contributed by atoms with Crippen LogP contribution in [0.25, 0.3) is 0 Å². The van der Waals surface area contributed by atoms with Crippen LogP contribution in [0.1, 0.15) is 57.8 Å². The summed E-state index contributed by atoms with van der Waals surface area (Å²) in [5.41, 5.74) is 2.20. The van der Waals surface area contributed by atoms with Crippen molar-refractivity contribution in [2.24, 2.45) is 0 Å². The van der Waals surface area contributed by atoms with Gasteiger partial charge in [0.05, 0.1) is 4.88 Å². The minimum Gasteiger partial charge on any atom is -0.288 e. The second-order valence-electron chi connectivity index (χ2n) is 5.20. The van der Waals surface area contributed by atoms with E-state index in [1.807, 2.05) is 18.2 Å². The maximum absolute atomic E-state index is 12.4. The molecule has 0 N–H and O–H groups in total. The molecule has 1 aliphatic carbocycles. The molecule has 0 unspecified atom stereocenters. The molecule has 1 nitrogen and oxygen atoms in total. The average Bonchev–Trinajstić information content (AvgIpc) is 2.85. The highest BCUT2D eigenvalue weighted by Gasteiger charge is 2.19. The maximum atomic E-state index is 12.4. The predicted molar refractivity (Wildman–Crippen MR) is 80.2 cm³/mol. The van der Waals surface area contributed by atoms with Crippen molar-refractivity contribution in [1.82, 2.24) is 0 Å². The number of thiophene rings is 1. The molecule has 1 aromatic heterocycles. The van der Waals surface area contributed by atoms with E-state index in [2.05, 4.69) is 25.1 Å². The number of hydrogen-bond donors (Lipinski definition) is 0. The van der Waals surface area contributed by atoms with Crippen LogP contribution in [0, 0.1) is 0 Å². The van der Waals surface area contributed by atoms with Crippen molar-refractivity contribution in [3.8, 4) is 0 Å². The summed E-state index contributed by atoms with van der Waals surface area (Å²) in [5, 5.41) is 0. The summed E-state index contributed by atoms with van der Waals surface area (Å²) in [6.45, 7) is 2.12. The fourth-order valence-electron chi connectivity index (χ4n) is 2.48. The van der Waals surface area contributed by atoms with Crippen LogP contribution in [0.5, 0.6) is 0 Å². The van der Waals surface area contributed by atoms with Gasteiger partial charge in [-0.3, -0.25) is 4.79 Å². The molecule has 1 aliphatic rings. The first kappa shape index (κ1) is 12.6. The molecule has 0 bridgehead atoms. The van der Waals surface area contributed by atoms with Crippen molar-refractivity contribution < 1.29 is 4.79 Å². The predicted octanol–water partition coefficient (Wildman–Crippen LogP) is 4.81. The van der Waals surface area contributed by atoms with Crippen molar-refractivity contribution in [1.29, 1.82) is 0 Å². The third-order valence-electron chi connectivity index (χ3n) is 3.98. The number of ketones is 1. The van der Waals surface area contributed by atoms with Gasteiger partial charge < -0.3 is 0 Å². The van der Waals surface area contributed by atoms with Crippen molar-refractivity contribution in [2.75, 3.05) is 0 Å². The topological polar surface area (TPSA) is 17.1 Å². The number of carbonyl (C=O) groups is 1. The normalized spacial score (nSPS) is 15.2. The summed E-state index contributed by atoms with van der Waals surface area (Å²) in [7, 11) is 0. The lowest BCUT2D eigenvalue weighted by Gasteiger charge is -2.25. The molecular formula is C17H18OS. The monoisotopic (exact) mass is 270 g/mol. The number of rotatable bonds is 4. The van der Waals surface area contributed by atoms with E-state index in [1.54, 1.807) is 11.3 Å². The first-order chi connectivity index (χ1) is 9.28. The van der Waals surface area contributed by atoms with Crippen molar-refractivity contribution in [3.63, 3.8) is 0 Å². The van der Waals surface area contributed by atoms with Gasteiger partial charge >= 0.3 is 0 Å². The molecule has 3 rings (SSSR count). The van der Waals surface area contributed by atoms with E-state index in [4.69, 9.17) is 0 Å². The molecular weight excluding hydrogens is 252 g/mol. The number of hydrogen-bond acceptors (Lipinski definition) is 2. The molecule has 1 fully saturated rings. The van der Waals surface area contributed by atoms with Gasteiger partial charge in [-0.2, -0.15) is 0 Å². The summed E-state index contributed by atoms with van der Waals surface area (Å²) in [6, 6.07) is 12.2. The van der Waals surface area contributed by atoms with Gasteiger partial charge in [0.25, 0.3) is 0 Å². The fraction of sp³-hybridized carbons (Fsp3) is 0.353. The van der Waals surface area contributed by atoms with E-state index in [-0.39, 0.29) is 5.78 Å². The van der Waals surface area contributed by atoms with Crippen LogP contribution >= 0.6 is 11.3 Å². The Morgan fingerprint density at radius 1 is 1.16 bits per heavy atom. The Balaban J connectivity index is 1.79. The minimum atomic E-state index is 0.157. The smallest absolute Gasteiger partial charge is 0.202 e. The SMILES string of the molecule is CCc1ccc(C(=O)c2ccc(C3CCC3)cc2)s1. The van der Waals surface area contributed by atoms with Crippen LogP contribution in [0.4, 0.5) is 0 Å². The van der Waals surface area contributed by atoms with Crippen LogP contribution in [0.3, 0.4) is 0 Å². The van der Waals surface area contributed by atoms with Crippen LogP contribution in [-0.4, -0.2) is 5.78 Å². The van der Waals surface area contributed by atoms with E-state index in [0.29, 0.717) is 0 Å². The van der Waals surface area contributed by atoms with Crippen molar-refractivity contribution in [2.45, 2.75) is 38.5 Å². The Hall–Kier alpha value is -1.41. The number of aryl methyl sites for hydroxylation is 1. The largest absolute Gasteiger partial charge is 0.288 e. The van der Waals surface area contributed by atoms with Gasteiger partial charge in [0, 0.05) is 10.4 Å². The molecule has 0 spiro atoms. The maximum Gasteiger partial charge on any atom is 0.202 e. The summed E-state index contributed by atoms with van der Waals surface area (Å²) < 4.78 is 0. The first-order valence-electron chi connectivity index (χ1n) is 7.01. The van der Waals surface area contributed by atoms with E-state index in [0.717, 1.165) is 22.8 Å². The number of carbonyl (C=O) groups excluding carboxylic acids is 1. The highest BCUT2D eigenvalue weighted by atomic mass is 32.1. The van der Waals surface area contributed by atoms with E-state index < -0.39 is 0 Å². The lowest BCUT2D eigenvalue weighted by Crippen LogP contribution is -2.09. The molecule has 19 heavy (non-hydrogen) atoms. The van der Waals surface area contributed by atoms with Crippen LogP contribution in [-0.2, 0) is 6.42 Å². The quantitative estimate of drug-likeness (QED) is 0.729. The zero-order valence-electron chi connectivity index (χ0n) is 11.2. The molecule has 1 aromatic carbocycles. The lowest BCUT2D eigenvalue weighted by atomic mass is 9.80. The van der Waals surface area contributed by atoms with E-state index >= 15 is 0 Å². The van der Waals surface area contributed by atoms with Gasteiger partial charge in [0.15, 0.2) is 0 Å². The molecule has 0 atom stereocenters. The van der Waals surface area contributed by atoms with Crippen LogP contribution < -0.4 is 0 Å².